The molecular weight excluding hydrogens is 236 g/mol. The van der Waals surface area contributed by atoms with Gasteiger partial charge in [-0.05, 0) is 25.1 Å². The number of allylic oxidation sites excluding steroid dienone is 1. The third kappa shape index (κ3) is 2.23. The first-order valence-corrected chi connectivity index (χ1v) is 7.01. The molecule has 0 amide bonds. The van der Waals surface area contributed by atoms with Crippen LogP contribution in [0.25, 0.3) is 0 Å². The molecule has 19 heavy (non-hydrogen) atoms. The number of nitrogens with zero attached hydrogens (tertiary/aromatic N) is 3. The average molecular weight is 256 g/mol. The summed E-state index contributed by atoms with van der Waals surface area (Å²) < 4.78 is 2.09. The van der Waals surface area contributed by atoms with E-state index in [-0.39, 0.29) is 0 Å². The van der Waals surface area contributed by atoms with Crippen LogP contribution in [0, 0.1) is 5.92 Å². The van der Waals surface area contributed by atoms with Crippen molar-refractivity contribution in [1.82, 2.24) is 15.1 Å². The maximum absolute atomic E-state index is 4.52. The molecular formula is C15H20N4. The number of hydrogen-bond acceptors (Lipinski definition) is 3. The highest BCUT2D eigenvalue weighted by atomic mass is 15.3. The molecule has 3 atom stereocenters. The molecule has 0 aromatic carbocycles. The fourth-order valence-electron chi connectivity index (χ4n) is 2.81. The molecule has 100 valence electrons. The summed E-state index contributed by atoms with van der Waals surface area (Å²) >= 11 is 0. The number of hydrogen-bond donors (Lipinski definition) is 1. The van der Waals surface area contributed by atoms with Crippen molar-refractivity contribution in [3.8, 4) is 0 Å². The van der Waals surface area contributed by atoms with Crippen molar-refractivity contribution in [2.24, 2.45) is 10.9 Å². The monoisotopic (exact) mass is 256 g/mol. The molecule has 3 unspecified atom stereocenters. The molecule has 1 aromatic rings. The molecule has 0 saturated heterocycles. The van der Waals surface area contributed by atoms with Crippen molar-refractivity contribution in [3.05, 3.63) is 42.5 Å². The van der Waals surface area contributed by atoms with Gasteiger partial charge in [-0.3, -0.25) is 4.68 Å². The van der Waals surface area contributed by atoms with E-state index in [2.05, 4.69) is 52.3 Å². The van der Waals surface area contributed by atoms with Crippen LogP contribution in [0.2, 0.25) is 0 Å². The Morgan fingerprint density at radius 2 is 2.26 bits per heavy atom. The van der Waals surface area contributed by atoms with E-state index in [1.807, 2.05) is 18.6 Å². The molecule has 0 fully saturated rings. The lowest BCUT2D eigenvalue weighted by molar-refractivity contribution is 0.454. The largest absolute Gasteiger partial charge is 0.350 e. The summed E-state index contributed by atoms with van der Waals surface area (Å²) in [5.74, 6) is 1.73. The molecule has 0 radical (unpaired) electrons. The smallest absolute Gasteiger partial charge is 0.113 e. The molecule has 3 heterocycles. The highest BCUT2D eigenvalue weighted by Gasteiger charge is 2.29. The number of aromatic nitrogens is 2. The van der Waals surface area contributed by atoms with Gasteiger partial charge in [0.05, 0.1) is 6.20 Å². The van der Waals surface area contributed by atoms with Crippen molar-refractivity contribution >= 4 is 5.84 Å². The Morgan fingerprint density at radius 1 is 1.37 bits per heavy atom. The van der Waals surface area contributed by atoms with E-state index in [0.29, 0.717) is 17.9 Å². The van der Waals surface area contributed by atoms with Gasteiger partial charge < -0.3 is 5.32 Å². The van der Waals surface area contributed by atoms with Crippen LogP contribution in [0.4, 0.5) is 0 Å². The van der Waals surface area contributed by atoms with Crippen LogP contribution in [0.5, 0.6) is 0 Å². The lowest BCUT2D eigenvalue weighted by Gasteiger charge is -2.21. The van der Waals surface area contributed by atoms with Gasteiger partial charge in [-0.2, -0.15) is 5.10 Å². The van der Waals surface area contributed by atoms with Crippen LogP contribution in [-0.4, -0.2) is 15.6 Å². The van der Waals surface area contributed by atoms with Gasteiger partial charge in [-0.1, -0.05) is 25.5 Å². The van der Waals surface area contributed by atoms with Crippen molar-refractivity contribution in [2.45, 2.75) is 38.6 Å². The predicted molar refractivity (Wildman–Crippen MR) is 76.9 cm³/mol. The number of fused-ring (bicyclic) bond motifs is 1. The Morgan fingerprint density at radius 3 is 3.11 bits per heavy atom. The number of amidine groups is 1. The summed E-state index contributed by atoms with van der Waals surface area (Å²) in [6.45, 7) is 4.43. The molecule has 0 spiro atoms. The third-order valence-corrected chi connectivity index (χ3v) is 3.91. The second kappa shape index (κ2) is 5.03. The normalized spacial score (nSPS) is 25.9. The first-order chi connectivity index (χ1) is 9.29. The van der Waals surface area contributed by atoms with E-state index in [9.17, 15) is 0 Å². The predicted octanol–water partition coefficient (Wildman–Crippen LogP) is 2.99. The van der Waals surface area contributed by atoms with Gasteiger partial charge in [0.2, 0.25) is 0 Å². The Kier molecular flexibility index (Phi) is 3.23. The Bertz CT molecular complexity index is 538. The standard InChI is InChI=1S/C15H20N4/c1-3-4-11(2)19-10-12(9-18-19)13-5-7-16-15-14(13)6-8-17-15/h5-11,13-14H,3-4H2,1-2H3,(H,16,17). The zero-order valence-corrected chi connectivity index (χ0v) is 11.5. The van der Waals surface area contributed by atoms with Crippen molar-refractivity contribution in [2.75, 3.05) is 0 Å². The molecule has 4 heteroatoms. The fourth-order valence-corrected chi connectivity index (χ4v) is 2.81. The summed E-state index contributed by atoms with van der Waals surface area (Å²) in [6.07, 6.45) is 14.7. The highest BCUT2D eigenvalue weighted by Crippen LogP contribution is 2.32. The molecule has 1 N–H and O–H groups in total. The van der Waals surface area contributed by atoms with Gasteiger partial charge in [0.15, 0.2) is 0 Å². The van der Waals surface area contributed by atoms with E-state index in [0.717, 1.165) is 5.84 Å². The van der Waals surface area contributed by atoms with E-state index < -0.39 is 0 Å². The minimum Gasteiger partial charge on any atom is -0.350 e. The van der Waals surface area contributed by atoms with Crippen LogP contribution < -0.4 is 5.32 Å². The summed E-state index contributed by atoms with van der Waals surface area (Å²) in [5.41, 5.74) is 1.27. The first kappa shape index (κ1) is 12.2. The maximum atomic E-state index is 4.52. The zero-order chi connectivity index (χ0) is 13.2. The quantitative estimate of drug-likeness (QED) is 0.900. The summed E-state index contributed by atoms with van der Waals surface area (Å²) in [7, 11) is 0. The second-order valence-electron chi connectivity index (χ2n) is 5.30. The minimum atomic E-state index is 0.337. The van der Waals surface area contributed by atoms with E-state index in [1.54, 1.807) is 0 Å². The SMILES string of the molecule is CCCC(C)n1cc(C2C=CN=C3NC=CC32)cn1. The highest BCUT2D eigenvalue weighted by molar-refractivity contribution is 5.91. The second-order valence-corrected chi connectivity index (χ2v) is 5.30. The summed E-state index contributed by atoms with van der Waals surface area (Å²) in [6, 6.07) is 0.469. The number of rotatable bonds is 4. The lowest BCUT2D eigenvalue weighted by atomic mass is 9.86. The lowest BCUT2D eigenvalue weighted by Crippen LogP contribution is -2.25. The van der Waals surface area contributed by atoms with E-state index >= 15 is 0 Å². The zero-order valence-electron chi connectivity index (χ0n) is 11.5. The third-order valence-electron chi connectivity index (χ3n) is 3.91. The van der Waals surface area contributed by atoms with Crippen LogP contribution in [0.1, 0.15) is 44.2 Å². The molecule has 3 rings (SSSR count). The fraction of sp³-hybridized carbons (Fsp3) is 0.467. The van der Waals surface area contributed by atoms with Crippen LogP contribution in [0.15, 0.2) is 41.9 Å². The Hall–Kier alpha value is -1.84. The van der Waals surface area contributed by atoms with Gasteiger partial charge >= 0.3 is 0 Å². The summed E-state index contributed by atoms with van der Waals surface area (Å²) in [4.78, 5) is 4.37. The van der Waals surface area contributed by atoms with E-state index in [1.165, 1.54) is 18.4 Å². The van der Waals surface area contributed by atoms with Crippen molar-refractivity contribution in [1.29, 1.82) is 0 Å². The molecule has 0 aliphatic carbocycles. The molecule has 0 bridgehead atoms. The number of nitrogens with one attached hydrogen (secondary N) is 1. The molecule has 1 aromatic heterocycles. The van der Waals surface area contributed by atoms with E-state index in [4.69, 9.17) is 0 Å². The molecule has 2 aliphatic rings. The number of aliphatic imine (C=N–C) groups is 1. The average Bonchev–Trinajstić information content (AvgIpc) is 3.07. The topological polar surface area (TPSA) is 42.2 Å². The molecule has 2 aliphatic heterocycles. The van der Waals surface area contributed by atoms with Crippen LogP contribution in [0.3, 0.4) is 0 Å². The van der Waals surface area contributed by atoms with Crippen molar-refractivity contribution in [3.63, 3.8) is 0 Å². The van der Waals surface area contributed by atoms with Gasteiger partial charge in [0, 0.05) is 30.3 Å². The summed E-state index contributed by atoms with van der Waals surface area (Å²) in [5, 5.41) is 7.72. The Labute approximate surface area is 113 Å². The van der Waals surface area contributed by atoms with Gasteiger partial charge in [-0.25, -0.2) is 4.99 Å². The van der Waals surface area contributed by atoms with Gasteiger partial charge in [-0.15, -0.1) is 0 Å². The first-order valence-electron chi connectivity index (χ1n) is 7.01. The van der Waals surface area contributed by atoms with Gasteiger partial charge in [0.25, 0.3) is 0 Å². The maximum Gasteiger partial charge on any atom is 0.113 e. The molecule has 4 nitrogen and oxygen atoms in total. The molecule has 0 saturated carbocycles. The van der Waals surface area contributed by atoms with Crippen LogP contribution in [-0.2, 0) is 0 Å². The minimum absolute atomic E-state index is 0.337. The Balaban J connectivity index is 1.81. The van der Waals surface area contributed by atoms with Crippen molar-refractivity contribution < 1.29 is 0 Å². The van der Waals surface area contributed by atoms with Gasteiger partial charge in [0.1, 0.15) is 5.84 Å². The van der Waals surface area contributed by atoms with Crippen LogP contribution >= 0.6 is 0 Å².